The van der Waals surface area contributed by atoms with Gasteiger partial charge in [0.1, 0.15) is 12.1 Å². The molecule has 3 unspecified atom stereocenters. The second-order valence-corrected chi connectivity index (χ2v) is 11.9. The molecule has 0 fully saturated rings. The summed E-state index contributed by atoms with van der Waals surface area (Å²) in [4.78, 5) is 44.7. The van der Waals surface area contributed by atoms with Gasteiger partial charge in [-0.3, -0.25) is 9.59 Å². The van der Waals surface area contributed by atoms with E-state index in [2.05, 4.69) is 17.6 Å². The first-order valence-electron chi connectivity index (χ1n) is 9.69. The Kier molecular flexibility index (Phi) is 17.5. The molecule has 0 spiro atoms. The molecule has 0 saturated heterocycles. The maximum Gasteiger partial charge on any atom is 0.327 e. The average molecular weight is 501 g/mol. The molecule has 0 aliphatic rings. The van der Waals surface area contributed by atoms with Gasteiger partial charge in [0.25, 0.3) is 0 Å². The Bertz CT molecular complexity index is 553. The number of nitrogens with one attached hydrogen (secondary N) is 2. The van der Waals surface area contributed by atoms with Crippen LogP contribution in [-0.4, -0.2) is 68.6 Å². The average Bonchev–Trinajstić information content (AvgIpc) is 2.65. The van der Waals surface area contributed by atoms with Crippen LogP contribution in [0.2, 0.25) is 0 Å². The van der Waals surface area contributed by atoms with E-state index in [0.717, 1.165) is 31.4 Å². The molecule has 0 aromatic carbocycles. The Hall–Kier alpha value is -0.720. The fourth-order valence-corrected chi connectivity index (χ4v) is 8.18. The lowest BCUT2D eigenvalue weighted by Gasteiger charge is -2.18. The van der Waals surface area contributed by atoms with Gasteiger partial charge in [-0.15, -0.1) is 0 Å². The van der Waals surface area contributed by atoms with Crippen LogP contribution >= 0.6 is 43.2 Å². The number of carbonyl (C=O) groups is 4. The predicted molar refractivity (Wildman–Crippen MR) is 128 cm³/mol. The maximum atomic E-state index is 11.2. The molecule has 0 aliphatic carbocycles. The minimum absolute atomic E-state index is 0.267. The minimum atomic E-state index is -1.06. The summed E-state index contributed by atoms with van der Waals surface area (Å²) < 4.78 is 0. The lowest BCUT2D eigenvalue weighted by Crippen LogP contribution is -2.41. The van der Waals surface area contributed by atoms with Gasteiger partial charge in [-0.1, -0.05) is 75.8 Å². The summed E-state index contributed by atoms with van der Waals surface area (Å²) >= 11 is 0. The van der Waals surface area contributed by atoms with Crippen LogP contribution in [0.4, 0.5) is 0 Å². The summed E-state index contributed by atoms with van der Waals surface area (Å²) in [5, 5.41) is 23.5. The van der Waals surface area contributed by atoms with Crippen molar-refractivity contribution >= 4 is 66.9 Å². The normalized spacial score (nSPS) is 13.8. The molecule has 0 radical (unpaired) electrons. The largest absolute Gasteiger partial charge is 0.480 e. The van der Waals surface area contributed by atoms with Crippen LogP contribution in [0.1, 0.15) is 52.9 Å². The molecule has 8 nitrogen and oxygen atoms in total. The first kappa shape index (κ1) is 29.3. The van der Waals surface area contributed by atoms with Crippen LogP contribution in [0.3, 0.4) is 0 Å². The van der Waals surface area contributed by atoms with Crippen molar-refractivity contribution in [3.05, 3.63) is 0 Å². The van der Waals surface area contributed by atoms with Gasteiger partial charge in [0, 0.05) is 36.4 Å². The SMILES string of the molecule is CCCCCCC(CSSCC(NC(C)=O)C(=O)O)SSCC(NC(C)=O)C(=O)O. The van der Waals surface area contributed by atoms with Crippen LogP contribution in [0.15, 0.2) is 0 Å². The Balaban J connectivity index is 4.50. The molecule has 0 rings (SSSR count). The summed E-state index contributed by atoms with van der Waals surface area (Å²) in [6, 6.07) is -1.84. The number of amides is 2. The van der Waals surface area contributed by atoms with E-state index >= 15 is 0 Å². The Morgan fingerprint density at radius 3 is 1.73 bits per heavy atom. The number of rotatable bonds is 18. The summed E-state index contributed by atoms with van der Waals surface area (Å²) in [5.41, 5.74) is 0. The van der Waals surface area contributed by atoms with Gasteiger partial charge in [-0.05, 0) is 6.42 Å². The van der Waals surface area contributed by atoms with Crippen molar-refractivity contribution in [3.63, 3.8) is 0 Å². The van der Waals surface area contributed by atoms with E-state index in [9.17, 15) is 24.3 Å². The van der Waals surface area contributed by atoms with Gasteiger partial charge in [0.2, 0.25) is 11.8 Å². The van der Waals surface area contributed by atoms with Crippen LogP contribution in [0, 0.1) is 0 Å². The molecule has 30 heavy (non-hydrogen) atoms. The first-order valence-corrected chi connectivity index (χ1v) is 14.6. The quantitative estimate of drug-likeness (QED) is 0.164. The van der Waals surface area contributed by atoms with E-state index in [4.69, 9.17) is 5.11 Å². The van der Waals surface area contributed by atoms with Crippen molar-refractivity contribution in [2.45, 2.75) is 70.2 Å². The number of carboxylic acids is 2. The minimum Gasteiger partial charge on any atom is -0.480 e. The molecule has 0 aromatic heterocycles. The first-order chi connectivity index (χ1) is 14.2. The second-order valence-electron chi connectivity index (χ2n) is 6.60. The number of hydrogen-bond acceptors (Lipinski definition) is 8. The van der Waals surface area contributed by atoms with Crippen molar-refractivity contribution in [1.29, 1.82) is 0 Å². The molecule has 2 amide bonds. The lowest BCUT2D eigenvalue weighted by atomic mass is 10.1. The highest BCUT2D eigenvalue weighted by Crippen LogP contribution is 2.35. The third kappa shape index (κ3) is 16.0. The molecule has 3 atom stereocenters. The Labute approximate surface area is 194 Å². The molecule has 0 aliphatic heterocycles. The third-order valence-corrected chi connectivity index (χ3v) is 9.36. The van der Waals surface area contributed by atoms with E-state index in [0.29, 0.717) is 0 Å². The zero-order chi connectivity index (χ0) is 22.9. The molecule has 174 valence electrons. The highest BCUT2D eigenvalue weighted by molar-refractivity contribution is 8.78. The standard InChI is InChI=1S/C18H32N2O6S4/c1-4-5-6-7-8-14(30-29-11-16(18(25)26)20-13(3)22)9-27-28-10-15(17(23)24)19-12(2)21/h14-16H,4-11H2,1-3H3,(H,19,21)(H,20,22)(H,23,24)(H,25,26). The zero-order valence-corrected chi connectivity index (χ0v) is 20.8. The Morgan fingerprint density at radius 1 is 0.767 bits per heavy atom. The predicted octanol–water partition coefficient (Wildman–Crippen LogP) is 3.27. The fourth-order valence-electron chi connectivity index (χ4n) is 2.24. The monoisotopic (exact) mass is 500 g/mol. The van der Waals surface area contributed by atoms with Crippen LogP contribution < -0.4 is 10.6 Å². The second kappa shape index (κ2) is 17.9. The number of aliphatic carboxylic acids is 2. The van der Waals surface area contributed by atoms with Gasteiger partial charge >= 0.3 is 11.9 Å². The number of hydrogen-bond donors (Lipinski definition) is 4. The van der Waals surface area contributed by atoms with Gasteiger partial charge in [-0.2, -0.15) is 0 Å². The van der Waals surface area contributed by atoms with Crippen LogP contribution in [0.5, 0.6) is 0 Å². The molecule has 12 heteroatoms. The van der Waals surface area contributed by atoms with E-state index in [1.54, 1.807) is 21.6 Å². The van der Waals surface area contributed by atoms with Gasteiger partial charge in [0.15, 0.2) is 0 Å². The highest BCUT2D eigenvalue weighted by Gasteiger charge is 2.21. The molecule has 4 N–H and O–H groups in total. The molecular formula is C18H32N2O6S4. The fraction of sp³-hybridized carbons (Fsp3) is 0.778. The van der Waals surface area contributed by atoms with Gasteiger partial charge in [0.05, 0.1) is 0 Å². The smallest absolute Gasteiger partial charge is 0.327 e. The number of carbonyl (C=O) groups excluding carboxylic acids is 2. The van der Waals surface area contributed by atoms with Crippen molar-refractivity contribution in [3.8, 4) is 0 Å². The van der Waals surface area contributed by atoms with Crippen molar-refractivity contribution in [2.24, 2.45) is 0 Å². The number of unbranched alkanes of at least 4 members (excludes halogenated alkanes) is 3. The van der Waals surface area contributed by atoms with Gasteiger partial charge in [-0.25, -0.2) is 9.59 Å². The van der Waals surface area contributed by atoms with Gasteiger partial charge < -0.3 is 20.8 Å². The molecular weight excluding hydrogens is 468 g/mol. The summed E-state index contributed by atoms with van der Waals surface area (Å²) in [6.45, 7) is 4.74. The summed E-state index contributed by atoms with van der Waals surface area (Å²) in [5.74, 6) is -1.55. The lowest BCUT2D eigenvalue weighted by molar-refractivity contribution is -0.141. The van der Waals surface area contributed by atoms with Crippen molar-refractivity contribution < 1.29 is 29.4 Å². The maximum absolute atomic E-state index is 11.2. The Morgan fingerprint density at radius 2 is 1.27 bits per heavy atom. The van der Waals surface area contributed by atoms with E-state index in [1.807, 2.05) is 0 Å². The highest BCUT2D eigenvalue weighted by atomic mass is 33.1. The number of carboxylic acid groups (broad SMARTS) is 2. The zero-order valence-electron chi connectivity index (χ0n) is 17.5. The molecule has 0 bridgehead atoms. The summed E-state index contributed by atoms with van der Waals surface area (Å²) in [7, 11) is 6.00. The summed E-state index contributed by atoms with van der Waals surface area (Å²) in [6.07, 6.45) is 5.52. The van der Waals surface area contributed by atoms with Crippen molar-refractivity contribution in [2.75, 3.05) is 17.3 Å². The topological polar surface area (TPSA) is 133 Å². The van der Waals surface area contributed by atoms with E-state index in [-0.39, 0.29) is 28.6 Å². The molecule has 0 saturated carbocycles. The van der Waals surface area contributed by atoms with E-state index in [1.165, 1.54) is 41.9 Å². The molecule has 0 aromatic rings. The van der Waals surface area contributed by atoms with Crippen LogP contribution in [0.25, 0.3) is 0 Å². The van der Waals surface area contributed by atoms with Crippen LogP contribution in [-0.2, 0) is 19.2 Å². The molecule has 0 heterocycles. The van der Waals surface area contributed by atoms with E-state index < -0.39 is 24.0 Å². The third-order valence-electron chi connectivity index (χ3n) is 3.74. The van der Waals surface area contributed by atoms with Crippen molar-refractivity contribution in [1.82, 2.24) is 10.6 Å².